The number of carbonyl (C=O) groups is 2. The lowest BCUT2D eigenvalue weighted by Crippen LogP contribution is -2.57. The number of nitrogens with one attached hydrogen (secondary N) is 1. The third-order valence-corrected chi connectivity index (χ3v) is 11.3. The number of methoxy groups -OCH3 is 2. The van der Waals surface area contributed by atoms with E-state index in [1.165, 1.54) is 38.0 Å². The summed E-state index contributed by atoms with van der Waals surface area (Å²) in [6.07, 6.45) is 3.29. The third-order valence-electron chi connectivity index (χ3n) is 9.61. The summed E-state index contributed by atoms with van der Waals surface area (Å²) in [5.41, 5.74) is 0.0730. The summed E-state index contributed by atoms with van der Waals surface area (Å²) in [4.78, 5) is 31.0. The number of halogens is 2. The van der Waals surface area contributed by atoms with Gasteiger partial charge in [-0.3, -0.25) is 10.2 Å². The van der Waals surface area contributed by atoms with Crippen LogP contribution in [-0.4, -0.2) is 68.5 Å². The Kier molecular flexibility index (Phi) is 11.7. The molecule has 270 valence electrons. The molecule has 4 aromatic rings. The van der Waals surface area contributed by atoms with Crippen molar-refractivity contribution in [3.63, 3.8) is 0 Å². The maximum absolute atomic E-state index is 13.9. The Balaban J connectivity index is 1.21. The first-order chi connectivity index (χ1) is 24.6. The molecule has 3 aliphatic rings. The second kappa shape index (κ2) is 16.2. The van der Waals surface area contributed by atoms with Crippen molar-refractivity contribution >= 4 is 46.5 Å². The van der Waals surface area contributed by atoms with Gasteiger partial charge in [-0.2, -0.15) is 4.73 Å². The van der Waals surface area contributed by atoms with Crippen molar-refractivity contribution < 1.29 is 38.4 Å². The molecule has 14 heteroatoms. The van der Waals surface area contributed by atoms with Crippen LogP contribution in [0.25, 0.3) is 0 Å². The number of pyridine rings is 1. The molecule has 0 spiro atoms. The maximum atomic E-state index is 13.9. The van der Waals surface area contributed by atoms with Crippen molar-refractivity contribution in [1.82, 2.24) is 10.2 Å². The highest BCUT2D eigenvalue weighted by Crippen LogP contribution is 2.37. The number of hydrogen-bond donors (Lipinski definition) is 2. The Labute approximate surface area is 310 Å². The molecule has 11 nitrogen and oxygen atoms in total. The predicted octanol–water partition coefficient (Wildman–Crippen LogP) is 5.46. The zero-order chi connectivity index (χ0) is 36.1. The standard InChI is InChI=1S/C37H39Cl2N3O8S/c1-47-30-10-8-24(16-32(30)48-2)31(17-27-28(38)19-42(46)20-29(27)39)49-35(44)34-11-9-26(51-34)18-40-37(22-43,25-6-4-3-5-7-25)36(45)50-33-21-41-14-12-23(33)13-15-41/h3-11,16,19-20,23,31,33,40,43H,12-15,17-18,21-22H2,1-2H3/t31-,33-,37?/m0/s1. The van der Waals surface area contributed by atoms with Crippen LogP contribution in [0.15, 0.2) is 73.1 Å². The quantitative estimate of drug-likeness (QED) is 0.0972. The van der Waals surface area contributed by atoms with E-state index in [9.17, 15) is 19.9 Å². The summed E-state index contributed by atoms with van der Waals surface area (Å²) in [7, 11) is 3.02. The summed E-state index contributed by atoms with van der Waals surface area (Å²) in [5.74, 6) is 0.0840. The molecule has 3 saturated heterocycles. The van der Waals surface area contributed by atoms with Gasteiger partial charge in [-0.25, -0.2) is 9.59 Å². The number of aliphatic hydroxyl groups is 1. The molecule has 0 saturated carbocycles. The number of nitrogens with zero attached hydrogens (tertiary/aromatic N) is 2. The first-order valence-electron chi connectivity index (χ1n) is 16.6. The van der Waals surface area contributed by atoms with E-state index < -0.39 is 30.2 Å². The van der Waals surface area contributed by atoms with Crippen LogP contribution in [0.5, 0.6) is 11.5 Å². The molecule has 2 bridgehead atoms. The summed E-state index contributed by atoms with van der Waals surface area (Å²) in [6, 6.07) is 17.6. The number of aliphatic hydroxyl groups excluding tert-OH is 1. The van der Waals surface area contributed by atoms with Crippen LogP contribution < -0.4 is 19.5 Å². The molecule has 2 N–H and O–H groups in total. The van der Waals surface area contributed by atoms with Crippen LogP contribution >= 0.6 is 34.5 Å². The highest BCUT2D eigenvalue weighted by Gasteiger charge is 2.45. The number of rotatable bonds is 14. The number of aromatic nitrogens is 1. The Morgan fingerprint density at radius 1 is 1.04 bits per heavy atom. The van der Waals surface area contributed by atoms with Gasteiger partial charge >= 0.3 is 11.9 Å². The van der Waals surface area contributed by atoms with Gasteiger partial charge in [0.25, 0.3) is 0 Å². The van der Waals surface area contributed by atoms with Crippen LogP contribution in [0.3, 0.4) is 0 Å². The fourth-order valence-corrected chi connectivity index (χ4v) is 8.14. The van der Waals surface area contributed by atoms with Gasteiger partial charge in [-0.05, 0) is 67.2 Å². The SMILES string of the molecule is COc1ccc([C@H](Cc2c(Cl)c[n+]([O-])cc2Cl)OC(=O)c2ccc(CNC(CO)(C(=O)O[C@H]3CN4CCC3CC4)c3ccccc3)s2)cc1OC. The van der Waals surface area contributed by atoms with E-state index in [-0.39, 0.29) is 29.1 Å². The van der Waals surface area contributed by atoms with Crippen molar-refractivity contribution in [2.45, 2.75) is 43.6 Å². The molecular formula is C37H39Cl2N3O8S. The molecule has 2 aromatic heterocycles. The highest BCUT2D eigenvalue weighted by molar-refractivity contribution is 7.13. The number of carbonyl (C=O) groups excluding carboxylic acids is 2. The molecule has 1 unspecified atom stereocenters. The van der Waals surface area contributed by atoms with Crippen molar-refractivity contribution in [1.29, 1.82) is 0 Å². The normalized spacial score (nSPS) is 19.9. The van der Waals surface area contributed by atoms with Crippen LogP contribution in [0, 0.1) is 11.1 Å². The van der Waals surface area contributed by atoms with Gasteiger partial charge in [0.15, 0.2) is 29.4 Å². The smallest absolute Gasteiger partial charge is 0.348 e. The first-order valence-corrected chi connectivity index (χ1v) is 18.1. The fraction of sp³-hybridized carbons (Fsp3) is 0.378. The lowest BCUT2D eigenvalue weighted by atomic mass is 9.85. The Morgan fingerprint density at radius 3 is 2.37 bits per heavy atom. The molecule has 3 atom stereocenters. The molecule has 0 radical (unpaired) electrons. The molecule has 0 amide bonds. The monoisotopic (exact) mass is 755 g/mol. The number of hydrogen-bond acceptors (Lipinski definition) is 11. The lowest BCUT2D eigenvalue weighted by molar-refractivity contribution is -0.605. The van der Waals surface area contributed by atoms with Crippen molar-refractivity contribution in [3.05, 3.63) is 115 Å². The average Bonchev–Trinajstić information content (AvgIpc) is 3.63. The predicted molar refractivity (Wildman–Crippen MR) is 192 cm³/mol. The second-order valence-corrected chi connectivity index (χ2v) is 14.6. The summed E-state index contributed by atoms with van der Waals surface area (Å²) in [5, 5.41) is 26.2. The summed E-state index contributed by atoms with van der Waals surface area (Å²) < 4.78 is 23.6. The molecule has 3 fully saturated rings. The zero-order valence-electron chi connectivity index (χ0n) is 28.2. The molecule has 51 heavy (non-hydrogen) atoms. The zero-order valence-corrected chi connectivity index (χ0v) is 30.5. The largest absolute Gasteiger partial charge is 0.619 e. The van der Waals surface area contributed by atoms with Crippen LogP contribution in [0.4, 0.5) is 0 Å². The Hall–Kier alpha value is -3.91. The molecule has 0 aliphatic carbocycles. The molecule has 3 aliphatic heterocycles. The molecule has 7 rings (SSSR count). The van der Waals surface area contributed by atoms with Crippen molar-refractivity contribution in [2.75, 3.05) is 40.5 Å². The van der Waals surface area contributed by atoms with E-state index in [1.807, 2.05) is 18.2 Å². The third kappa shape index (κ3) is 8.11. The van der Waals surface area contributed by atoms with Gasteiger partial charge < -0.3 is 29.3 Å². The van der Waals surface area contributed by atoms with Gasteiger partial charge in [0.05, 0.1) is 20.8 Å². The lowest BCUT2D eigenvalue weighted by Gasteiger charge is -2.45. The minimum atomic E-state index is -1.52. The number of ether oxygens (including phenoxy) is 4. The van der Waals surface area contributed by atoms with Crippen LogP contribution in [0.1, 0.15) is 50.2 Å². The fourth-order valence-electron chi connectivity index (χ4n) is 6.71. The summed E-state index contributed by atoms with van der Waals surface area (Å²) >= 11 is 14.0. The Morgan fingerprint density at radius 2 is 1.75 bits per heavy atom. The highest BCUT2D eigenvalue weighted by atomic mass is 35.5. The first kappa shape index (κ1) is 36.9. The van der Waals surface area contributed by atoms with E-state index in [1.54, 1.807) is 42.5 Å². The van der Waals surface area contributed by atoms with Gasteiger partial charge in [-0.15, -0.1) is 11.3 Å². The van der Waals surface area contributed by atoms with E-state index >= 15 is 0 Å². The van der Waals surface area contributed by atoms with Gasteiger partial charge in [-0.1, -0.05) is 59.6 Å². The van der Waals surface area contributed by atoms with E-state index in [2.05, 4.69) is 10.2 Å². The minimum absolute atomic E-state index is 0.0668. The Bertz CT molecular complexity index is 1830. The van der Waals surface area contributed by atoms with Crippen molar-refractivity contribution in [2.24, 2.45) is 5.92 Å². The van der Waals surface area contributed by atoms with Gasteiger partial charge in [0.2, 0.25) is 0 Å². The molecule has 5 heterocycles. The van der Waals surface area contributed by atoms with Crippen LogP contribution in [0.2, 0.25) is 10.0 Å². The van der Waals surface area contributed by atoms with E-state index in [0.717, 1.165) is 30.8 Å². The number of thiophene rings is 1. The number of fused-ring (bicyclic) bond motifs is 3. The second-order valence-electron chi connectivity index (χ2n) is 12.6. The van der Waals surface area contributed by atoms with E-state index in [0.29, 0.717) is 50.3 Å². The topological polar surface area (TPSA) is 134 Å². The molecule has 2 aromatic carbocycles. The van der Waals surface area contributed by atoms with Crippen molar-refractivity contribution in [3.8, 4) is 11.5 Å². The number of esters is 2. The number of piperidine rings is 3. The van der Waals surface area contributed by atoms with Gasteiger partial charge in [0, 0.05) is 30.0 Å². The summed E-state index contributed by atoms with van der Waals surface area (Å²) in [6.45, 7) is 2.34. The molecular weight excluding hydrogens is 717 g/mol. The maximum Gasteiger partial charge on any atom is 0.348 e. The van der Waals surface area contributed by atoms with E-state index in [4.69, 9.17) is 42.1 Å². The minimum Gasteiger partial charge on any atom is -0.619 e. The average molecular weight is 757 g/mol. The van der Waals surface area contributed by atoms with Crippen LogP contribution in [-0.2, 0) is 32.8 Å². The van der Waals surface area contributed by atoms with Gasteiger partial charge in [0.1, 0.15) is 27.1 Å². The number of benzene rings is 2.